The zero-order valence-electron chi connectivity index (χ0n) is 17.0. The van der Waals surface area contributed by atoms with Crippen LogP contribution in [0.3, 0.4) is 0 Å². The molecule has 0 saturated heterocycles. The summed E-state index contributed by atoms with van der Waals surface area (Å²) in [4.78, 5) is 12.7. The average molecular weight is 376 g/mol. The van der Waals surface area contributed by atoms with Crippen LogP contribution in [0.15, 0.2) is 54.6 Å². The van der Waals surface area contributed by atoms with E-state index in [1.54, 1.807) is 0 Å². The topological polar surface area (TPSA) is 46.9 Å². The van der Waals surface area contributed by atoms with Crippen LogP contribution < -0.4 is 5.32 Å². The van der Waals surface area contributed by atoms with Gasteiger partial charge in [0.15, 0.2) is 0 Å². The highest BCUT2D eigenvalue weighted by molar-refractivity contribution is 5.96. The summed E-state index contributed by atoms with van der Waals surface area (Å²) in [7, 11) is 0. The smallest absolute Gasteiger partial charge is 0.255 e. The van der Waals surface area contributed by atoms with E-state index in [-0.39, 0.29) is 5.91 Å². The molecular formula is C24H29N3O. The SMILES string of the molecule is Cc1ccc(Cn2nc(C)c(C(=O)NCCCCc3ccccc3)c2C)cc1. The number of hydrogen-bond donors (Lipinski definition) is 1. The van der Waals surface area contributed by atoms with Gasteiger partial charge >= 0.3 is 0 Å². The summed E-state index contributed by atoms with van der Waals surface area (Å²) >= 11 is 0. The molecule has 1 aromatic heterocycles. The van der Waals surface area contributed by atoms with E-state index in [0.717, 1.165) is 30.7 Å². The second kappa shape index (κ2) is 9.36. The van der Waals surface area contributed by atoms with E-state index in [1.165, 1.54) is 16.7 Å². The van der Waals surface area contributed by atoms with E-state index in [4.69, 9.17) is 0 Å². The maximum atomic E-state index is 12.7. The summed E-state index contributed by atoms with van der Waals surface area (Å²) in [5.74, 6) is -0.0233. The van der Waals surface area contributed by atoms with Crippen LogP contribution in [-0.2, 0) is 13.0 Å². The molecule has 0 radical (unpaired) electrons. The Morgan fingerprint density at radius 2 is 1.64 bits per heavy atom. The molecule has 0 unspecified atom stereocenters. The molecular weight excluding hydrogens is 346 g/mol. The summed E-state index contributed by atoms with van der Waals surface area (Å²) in [5, 5.41) is 7.65. The second-order valence-electron chi connectivity index (χ2n) is 7.39. The van der Waals surface area contributed by atoms with Gasteiger partial charge in [0.25, 0.3) is 5.91 Å². The third-order valence-corrected chi connectivity index (χ3v) is 5.08. The third-order valence-electron chi connectivity index (χ3n) is 5.08. The molecule has 2 aromatic carbocycles. The molecule has 3 rings (SSSR count). The van der Waals surface area contributed by atoms with Crippen molar-refractivity contribution in [3.05, 3.63) is 88.2 Å². The lowest BCUT2D eigenvalue weighted by molar-refractivity contribution is 0.0951. The molecule has 1 heterocycles. The molecule has 146 valence electrons. The van der Waals surface area contributed by atoms with Crippen molar-refractivity contribution in [3.63, 3.8) is 0 Å². The van der Waals surface area contributed by atoms with Crippen molar-refractivity contribution < 1.29 is 4.79 Å². The molecule has 0 saturated carbocycles. The molecule has 0 fully saturated rings. The van der Waals surface area contributed by atoms with Crippen molar-refractivity contribution in [2.45, 2.75) is 46.6 Å². The molecule has 0 aliphatic carbocycles. The lowest BCUT2D eigenvalue weighted by Gasteiger charge is -2.07. The van der Waals surface area contributed by atoms with Gasteiger partial charge in [0, 0.05) is 12.2 Å². The average Bonchev–Trinajstić information content (AvgIpc) is 2.97. The van der Waals surface area contributed by atoms with Crippen molar-refractivity contribution >= 4 is 5.91 Å². The predicted octanol–water partition coefficient (Wildman–Crippen LogP) is 4.61. The van der Waals surface area contributed by atoms with Crippen LogP contribution in [-0.4, -0.2) is 22.2 Å². The molecule has 0 aliphatic heterocycles. The van der Waals surface area contributed by atoms with Gasteiger partial charge in [0.05, 0.1) is 17.8 Å². The summed E-state index contributed by atoms with van der Waals surface area (Å²) in [5.41, 5.74) is 6.17. The van der Waals surface area contributed by atoms with Crippen LogP contribution in [0.1, 0.15) is 51.3 Å². The van der Waals surface area contributed by atoms with Crippen molar-refractivity contribution in [3.8, 4) is 0 Å². The molecule has 1 N–H and O–H groups in total. The molecule has 4 nitrogen and oxygen atoms in total. The number of nitrogens with zero attached hydrogens (tertiary/aromatic N) is 2. The van der Waals surface area contributed by atoms with Crippen LogP contribution in [0.2, 0.25) is 0 Å². The summed E-state index contributed by atoms with van der Waals surface area (Å²) in [6.45, 7) is 7.32. The summed E-state index contributed by atoms with van der Waals surface area (Å²) in [6, 6.07) is 18.9. The van der Waals surface area contributed by atoms with Gasteiger partial charge in [-0.2, -0.15) is 5.10 Å². The van der Waals surface area contributed by atoms with Gasteiger partial charge in [-0.05, 0) is 51.2 Å². The normalized spacial score (nSPS) is 10.8. The number of carbonyl (C=O) groups is 1. The molecule has 0 bridgehead atoms. The number of nitrogens with one attached hydrogen (secondary N) is 1. The fraction of sp³-hybridized carbons (Fsp3) is 0.333. The van der Waals surface area contributed by atoms with Crippen molar-refractivity contribution in [2.24, 2.45) is 0 Å². The number of aromatic nitrogens is 2. The maximum absolute atomic E-state index is 12.7. The van der Waals surface area contributed by atoms with E-state index in [1.807, 2.05) is 24.6 Å². The Balaban J connectivity index is 1.53. The highest BCUT2D eigenvalue weighted by Crippen LogP contribution is 2.15. The number of carbonyl (C=O) groups excluding carboxylic acids is 1. The van der Waals surface area contributed by atoms with Gasteiger partial charge in [-0.3, -0.25) is 9.48 Å². The Morgan fingerprint density at radius 3 is 2.36 bits per heavy atom. The third kappa shape index (κ3) is 5.10. The standard InChI is InChI=1S/C24H29N3O/c1-18-12-14-22(15-13-18)17-27-20(3)23(19(2)26-27)24(28)25-16-8-7-11-21-9-5-4-6-10-21/h4-6,9-10,12-15H,7-8,11,16-17H2,1-3H3,(H,25,28). The number of rotatable bonds is 8. The molecule has 0 atom stereocenters. The Morgan fingerprint density at radius 1 is 0.929 bits per heavy atom. The first-order valence-corrected chi connectivity index (χ1v) is 9.96. The number of benzene rings is 2. The quantitative estimate of drug-likeness (QED) is 0.585. The van der Waals surface area contributed by atoms with E-state index in [9.17, 15) is 4.79 Å². The lowest BCUT2D eigenvalue weighted by atomic mass is 10.1. The first-order chi connectivity index (χ1) is 13.5. The minimum absolute atomic E-state index is 0.0233. The maximum Gasteiger partial charge on any atom is 0.255 e. The number of unbranched alkanes of at least 4 members (excludes halogenated alkanes) is 1. The van der Waals surface area contributed by atoms with Crippen LogP contribution in [0, 0.1) is 20.8 Å². The Hall–Kier alpha value is -2.88. The fourth-order valence-electron chi connectivity index (χ4n) is 3.44. The first-order valence-electron chi connectivity index (χ1n) is 9.96. The molecule has 3 aromatic rings. The summed E-state index contributed by atoms with van der Waals surface area (Å²) < 4.78 is 1.92. The monoisotopic (exact) mass is 375 g/mol. The van der Waals surface area contributed by atoms with Crippen molar-refractivity contribution in [2.75, 3.05) is 6.54 Å². The van der Waals surface area contributed by atoms with E-state index >= 15 is 0 Å². The first kappa shape index (κ1) is 19.9. The van der Waals surface area contributed by atoms with Crippen molar-refractivity contribution in [1.29, 1.82) is 0 Å². The highest BCUT2D eigenvalue weighted by atomic mass is 16.1. The molecule has 28 heavy (non-hydrogen) atoms. The molecule has 0 spiro atoms. The number of amides is 1. The number of hydrogen-bond acceptors (Lipinski definition) is 2. The lowest BCUT2D eigenvalue weighted by Crippen LogP contribution is -2.25. The highest BCUT2D eigenvalue weighted by Gasteiger charge is 2.18. The Bertz CT molecular complexity index is 911. The zero-order chi connectivity index (χ0) is 19.9. The van der Waals surface area contributed by atoms with E-state index in [0.29, 0.717) is 18.7 Å². The molecule has 1 amide bonds. The van der Waals surface area contributed by atoms with E-state index < -0.39 is 0 Å². The fourth-order valence-corrected chi connectivity index (χ4v) is 3.44. The van der Waals surface area contributed by atoms with Gasteiger partial charge in [0.1, 0.15) is 0 Å². The van der Waals surface area contributed by atoms with Gasteiger partial charge in [-0.15, -0.1) is 0 Å². The van der Waals surface area contributed by atoms with Gasteiger partial charge < -0.3 is 5.32 Å². The van der Waals surface area contributed by atoms with Crippen LogP contribution in [0.25, 0.3) is 0 Å². The van der Waals surface area contributed by atoms with Crippen molar-refractivity contribution in [1.82, 2.24) is 15.1 Å². The van der Waals surface area contributed by atoms with Crippen LogP contribution in [0.5, 0.6) is 0 Å². The predicted molar refractivity (Wildman–Crippen MR) is 114 cm³/mol. The second-order valence-corrected chi connectivity index (χ2v) is 7.39. The molecule has 0 aliphatic rings. The summed E-state index contributed by atoms with van der Waals surface area (Å²) in [6.07, 6.45) is 3.08. The van der Waals surface area contributed by atoms with Crippen LogP contribution >= 0.6 is 0 Å². The minimum Gasteiger partial charge on any atom is -0.352 e. The van der Waals surface area contributed by atoms with E-state index in [2.05, 4.69) is 65.9 Å². The Labute approximate surface area is 167 Å². The number of aryl methyl sites for hydroxylation is 3. The zero-order valence-corrected chi connectivity index (χ0v) is 17.0. The van der Waals surface area contributed by atoms with Gasteiger partial charge in [-0.1, -0.05) is 60.2 Å². The molecule has 4 heteroatoms. The largest absolute Gasteiger partial charge is 0.352 e. The Kier molecular flexibility index (Phi) is 6.64. The minimum atomic E-state index is -0.0233. The van der Waals surface area contributed by atoms with Crippen LogP contribution in [0.4, 0.5) is 0 Å². The van der Waals surface area contributed by atoms with Gasteiger partial charge in [-0.25, -0.2) is 0 Å². The van der Waals surface area contributed by atoms with Gasteiger partial charge in [0.2, 0.25) is 0 Å².